The lowest BCUT2D eigenvalue weighted by atomic mass is 9.76. The summed E-state index contributed by atoms with van der Waals surface area (Å²) in [5.41, 5.74) is 3.06. The predicted molar refractivity (Wildman–Crippen MR) is 68.4 cm³/mol. The molecule has 16 heavy (non-hydrogen) atoms. The van der Waals surface area contributed by atoms with Crippen LogP contribution in [0.25, 0.3) is 0 Å². The zero-order valence-corrected chi connectivity index (χ0v) is 10.9. The molecular formula is C15H24O. The summed E-state index contributed by atoms with van der Waals surface area (Å²) in [7, 11) is 0. The molecule has 0 N–H and O–H groups in total. The summed E-state index contributed by atoms with van der Waals surface area (Å²) >= 11 is 0. The van der Waals surface area contributed by atoms with E-state index in [1.54, 1.807) is 5.57 Å². The number of hydrogen-bond acceptors (Lipinski definition) is 1. The maximum Gasteiger partial charge on any atom is 0.0693 e. The number of allylic oxidation sites excluding steroid dienone is 3. The maximum absolute atomic E-state index is 6.18. The summed E-state index contributed by atoms with van der Waals surface area (Å²) in [6.45, 7) is 7.57. The van der Waals surface area contributed by atoms with Crippen molar-refractivity contribution in [3.63, 3.8) is 0 Å². The van der Waals surface area contributed by atoms with Crippen molar-refractivity contribution in [1.29, 1.82) is 0 Å². The molecule has 0 saturated heterocycles. The first-order valence-corrected chi connectivity index (χ1v) is 6.55. The van der Waals surface area contributed by atoms with Gasteiger partial charge < -0.3 is 4.74 Å². The molecule has 2 aliphatic rings. The van der Waals surface area contributed by atoms with Crippen LogP contribution >= 0.6 is 0 Å². The molecule has 0 radical (unpaired) electrons. The molecule has 0 spiro atoms. The Labute approximate surface area is 99.6 Å². The molecular weight excluding hydrogens is 196 g/mol. The molecule has 0 unspecified atom stereocenters. The molecule has 1 aliphatic carbocycles. The van der Waals surface area contributed by atoms with Crippen LogP contribution in [0.1, 0.15) is 52.9 Å². The highest BCUT2D eigenvalue weighted by molar-refractivity contribution is 5.08. The summed E-state index contributed by atoms with van der Waals surface area (Å²) in [6, 6.07) is 0. The standard InChI is InChI=1S/C15H24O/c1-12-6-8-14(9-7-12)15(3)10-4-5-13(2)11-16-15/h5-6,14H,4,7-11H2,1-3H3/t14-,15+/m1/s1. The van der Waals surface area contributed by atoms with Gasteiger partial charge in [-0.25, -0.2) is 0 Å². The monoisotopic (exact) mass is 220 g/mol. The number of ether oxygens (including phenoxy) is 1. The Hall–Kier alpha value is -0.560. The Morgan fingerprint density at radius 2 is 2.06 bits per heavy atom. The molecule has 90 valence electrons. The Morgan fingerprint density at radius 3 is 2.75 bits per heavy atom. The van der Waals surface area contributed by atoms with Crippen LogP contribution in [0.4, 0.5) is 0 Å². The quantitative estimate of drug-likeness (QED) is 0.600. The molecule has 2 rings (SSSR count). The second-order valence-corrected chi connectivity index (χ2v) is 5.71. The largest absolute Gasteiger partial charge is 0.371 e. The smallest absolute Gasteiger partial charge is 0.0693 e. The predicted octanol–water partition coefficient (Wildman–Crippen LogP) is 4.25. The van der Waals surface area contributed by atoms with E-state index in [0.717, 1.165) is 12.5 Å². The summed E-state index contributed by atoms with van der Waals surface area (Å²) in [4.78, 5) is 0. The molecule has 1 nitrogen and oxygen atoms in total. The minimum absolute atomic E-state index is 0.103. The van der Waals surface area contributed by atoms with E-state index in [9.17, 15) is 0 Å². The first kappa shape index (κ1) is 11.9. The van der Waals surface area contributed by atoms with Crippen molar-refractivity contribution in [2.75, 3.05) is 6.61 Å². The Kier molecular flexibility index (Phi) is 3.53. The minimum Gasteiger partial charge on any atom is -0.371 e. The number of rotatable bonds is 1. The molecule has 1 aliphatic heterocycles. The van der Waals surface area contributed by atoms with Gasteiger partial charge in [0.25, 0.3) is 0 Å². The molecule has 0 saturated carbocycles. The van der Waals surface area contributed by atoms with E-state index in [1.165, 1.54) is 37.7 Å². The van der Waals surface area contributed by atoms with E-state index in [1.807, 2.05) is 0 Å². The summed E-state index contributed by atoms with van der Waals surface area (Å²) in [6.07, 6.45) is 10.9. The molecule has 2 atom stereocenters. The number of hydrogen-bond donors (Lipinski definition) is 0. The third-order valence-corrected chi connectivity index (χ3v) is 4.26. The normalized spacial score (nSPS) is 36.3. The SMILES string of the molecule is CC1=CC[C@@H]([C@]2(C)CCC=C(C)CO2)CC1. The van der Waals surface area contributed by atoms with Crippen LogP contribution in [0.2, 0.25) is 0 Å². The highest BCUT2D eigenvalue weighted by Crippen LogP contribution is 2.38. The molecule has 0 bridgehead atoms. The van der Waals surface area contributed by atoms with Gasteiger partial charge in [-0.1, -0.05) is 23.3 Å². The third-order valence-electron chi connectivity index (χ3n) is 4.26. The topological polar surface area (TPSA) is 9.23 Å². The van der Waals surface area contributed by atoms with Crippen molar-refractivity contribution < 1.29 is 4.74 Å². The zero-order chi connectivity index (χ0) is 11.6. The van der Waals surface area contributed by atoms with Crippen molar-refractivity contribution in [2.45, 2.75) is 58.5 Å². The fourth-order valence-electron chi connectivity index (χ4n) is 2.86. The zero-order valence-electron chi connectivity index (χ0n) is 10.9. The van der Waals surface area contributed by atoms with Crippen LogP contribution in [0.15, 0.2) is 23.3 Å². The second kappa shape index (κ2) is 4.75. The molecule has 0 fully saturated rings. The van der Waals surface area contributed by atoms with E-state index in [-0.39, 0.29) is 5.60 Å². The van der Waals surface area contributed by atoms with Crippen molar-refractivity contribution in [3.8, 4) is 0 Å². The Morgan fingerprint density at radius 1 is 1.25 bits per heavy atom. The van der Waals surface area contributed by atoms with E-state index < -0.39 is 0 Å². The second-order valence-electron chi connectivity index (χ2n) is 5.71. The van der Waals surface area contributed by atoms with Crippen LogP contribution in [0.3, 0.4) is 0 Å². The van der Waals surface area contributed by atoms with Crippen molar-refractivity contribution in [2.24, 2.45) is 5.92 Å². The molecule has 0 amide bonds. The lowest BCUT2D eigenvalue weighted by Gasteiger charge is -2.38. The average molecular weight is 220 g/mol. The molecule has 1 heteroatoms. The minimum atomic E-state index is 0.103. The van der Waals surface area contributed by atoms with Crippen molar-refractivity contribution >= 4 is 0 Å². The van der Waals surface area contributed by atoms with Gasteiger partial charge in [-0.05, 0) is 58.8 Å². The van der Waals surface area contributed by atoms with E-state index >= 15 is 0 Å². The fourth-order valence-corrected chi connectivity index (χ4v) is 2.86. The van der Waals surface area contributed by atoms with Gasteiger partial charge in [-0.2, -0.15) is 0 Å². The van der Waals surface area contributed by atoms with E-state index in [0.29, 0.717) is 0 Å². The van der Waals surface area contributed by atoms with Crippen LogP contribution in [0.5, 0.6) is 0 Å². The first-order chi connectivity index (χ1) is 7.60. The summed E-state index contributed by atoms with van der Waals surface area (Å²) < 4.78 is 6.18. The maximum atomic E-state index is 6.18. The van der Waals surface area contributed by atoms with Crippen LogP contribution in [0, 0.1) is 5.92 Å². The molecule has 0 aromatic carbocycles. The van der Waals surface area contributed by atoms with Crippen LogP contribution < -0.4 is 0 Å². The van der Waals surface area contributed by atoms with Gasteiger partial charge in [0.15, 0.2) is 0 Å². The molecule has 1 heterocycles. The Bertz CT molecular complexity index is 313. The van der Waals surface area contributed by atoms with Crippen molar-refractivity contribution in [1.82, 2.24) is 0 Å². The van der Waals surface area contributed by atoms with Gasteiger partial charge in [0.1, 0.15) is 0 Å². The van der Waals surface area contributed by atoms with Crippen molar-refractivity contribution in [3.05, 3.63) is 23.3 Å². The lowest BCUT2D eigenvalue weighted by Crippen LogP contribution is -2.38. The average Bonchev–Trinajstić information content (AvgIpc) is 2.43. The third kappa shape index (κ3) is 2.57. The van der Waals surface area contributed by atoms with Gasteiger partial charge in [0.2, 0.25) is 0 Å². The highest BCUT2D eigenvalue weighted by Gasteiger charge is 2.35. The van der Waals surface area contributed by atoms with Gasteiger partial charge in [-0.15, -0.1) is 0 Å². The lowest BCUT2D eigenvalue weighted by molar-refractivity contribution is -0.0689. The summed E-state index contributed by atoms with van der Waals surface area (Å²) in [5.74, 6) is 0.718. The van der Waals surface area contributed by atoms with Gasteiger partial charge in [-0.3, -0.25) is 0 Å². The fraction of sp³-hybridized carbons (Fsp3) is 0.733. The van der Waals surface area contributed by atoms with Crippen LogP contribution in [-0.4, -0.2) is 12.2 Å². The Balaban J connectivity index is 2.03. The van der Waals surface area contributed by atoms with Crippen LogP contribution in [-0.2, 0) is 4.74 Å². The van der Waals surface area contributed by atoms with E-state index in [4.69, 9.17) is 4.74 Å². The van der Waals surface area contributed by atoms with Gasteiger partial charge >= 0.3 is 0 Å². The molecule has 0 aromatic heterocycles. The van der Waals surface area contributed by atoms with Gasteiger partial charge in [0, 0.05) is 0 Å². The van der Waals surface area contributed by atoms with Gasteiger partial charge in [0.05, 0.1) is 12.2 Å². The summed E-state index contributed by atoms with van der Waals surface area (Å²) in [5, 5.41) is 0. The first-order valence-electron chi connectivity index (χ1n) is 6.55. The van der Waals surface area contributed by atoms with E-state index in [2.05, 4.69) is 32.9 Å². The highest BCUT2D eigenvalue weighted by atomic mass is 16.5. The molecule has 0 aromatic rings.